The minimum Gasteiger partial charge on any atom is -0.497 e. The van der Waals surface area contributed by atoms with Crippen LogP contribution in [0.15, 0.2) is 53.0 Å². The van der Waals surface area contributed by atoms with Crippen molar-refractivity contribution >= 4 is 31.6 Å². The van der Waals surface area contributed by atoms with Crippen molar-refractivity contribution < 1.29 is 13.2 Å². The topological polar surface area (TPSA) is 46.6 Å². The Morgan fingerprint density at radius 1 is 1.05 bits per heavy atom. The molecule has 0 atom stereocenters. The van der Waals surface area contributed by atoms with Crippen molar-refractivity contribution in [3.8, 4) is 5.75 Å². The van der Waals surface area contributed by atoms with Gasteiger partial charge in [-0.2, -0.15) is 0 Å². The maximum absolute atomic E-state index is 12.0. The van der Waals surface area contributed by atoms with Gasteiger partial charge in [-0.25, -0.2) is 8.42 Å². The zero-order valence-electron chi connectivity index (χ0n) is 11.8. The van der Waals surface area contributed by atoms with Crippen LogP contribution in [-0.4, -0.2) is 21.8 Å². The Morgan fingerprint density at radius 2 is 1.62 bits per heavy atom. The largest absolute Gasteiger partial charge is 0.497 e. The Labute approximate surface area is 133 Å². The van der Waals surface area contributed by atoms with Gasteiger partial charge in [-0.15, -0.1) is 0 Å². The van der Waals surface area contributed by atoms with Crippen LogP contribution >= 0.6 is 15.9 Å². The van der Waals surface area contributed by atoms with Gasteiger partial charge in [-0.3, -0.25) is 4.31 Å². The summed E-state index contributed by atoms with van der Waals surface area (Å²) < 4.78 is 31.5. The number of rotatable bonds is 5. The highest BCUT2D eigenvalue weighted by Crippen LogP contribution is 2.24. The number of halogens is 1. The van der Waals surface area contributed by atoms with Crippen molar-refractivity contribution in [3.05, 3.63) is 58.6 Å². The zero-order valence-corrected chi connectivity index (χ0v) is 14.2. The van der Waals surface area contributed by atoms with Crippen LogP contribution < -0.4 is 9.04 Å². The summed E-state index contributed by atoms with van der Waals surface area (Å²) in [6, 6.07) is 14.5. The van der Waals surface area contributed by atoms with Gasteiger partial charge in [0.05, 0.1) is 25.6 Å². The van der Waals surface area contributed by atoms with E-state index in [4.69, 9.17) is 4.74 Å². The molecule has 0 heterocycles. The summed E-state index contributed by atoms with van der Waals surface area (Å²) in [5.41, 5.74) is 1.53. The first-order valence-corrected chi connectivity index (χ1v) is 8.90. The second kappa shape index (κ2) is 6.49. The number of ether oxygens (including phenoxy) is 1. The monoisotopic (exact) mass is 369 g/mol. The molecule has 0 unspecified atom stereocenters. The van der Waals surface area contributed by atoms with E-state index < -0.39 is 10.0 Å². The number of nitrogens with zero attached hydrogens (tertiary/aromatic N) is 1. The molecule has 0 aliphatic heterocycles. The molecule has 4 nitrogen and oxygen atoms in total. The second-order valence-electron chi connectivity index (χ2n) is 4.59. The molecule has 0 amide bonds. The van der Waals surface area contributed by atoms with E-state index in [1.165, 1.54) is 10.6 Å². The third-order valence-corrected chi connectivity index (χ3v) is 4.67. The molecule has 21 heavy (non-hydrogen) atoms. The summed E-state index contributed by atoms with van der Waals surface area (Å²) in [5.74, 6) is 0.691. The molecule has 2 aromatic rings. The van der Waals surface area contributed by atoms with Crippen molar-refractivity contribution in [1.82, 2.24) is 0 Å². The summed E-state index contributed by atoms with van der Waals surface area (Å²) >= 11 is 3.37. The highest BCUT2D eigenvalue weighted by molar-refractivity contribution is 9.10. The molecular formula is C15H16BrNO3S. The van der Waals surface area contributed by atoms with Crippen LogP contribution in [0.4, 0.5) is 5.69 Å². The predicted molar refractivity (Wildman–Crippen MR) is 88.2 cm³/mol. The average Bonchev–Trinajstić information content (AvgIpc) is 2.45. The minimum atomic E-state index is -3.37. The lowest BCUT2D eigenvalue weighted by Gasteiger charge is -2.22. The molecule has 0 aliphatic rings. The highest BCUT2D eigenvalue weighted by atomic mass is 79.9. The van der Waals surface area contributed by atoms with E-state index in [1.807, 2.05) is 24.3 Å². The van der Waals surface area contributed by atoms with Gasteiger partial charge in [-0.1, -0.05) is 28.1 Å². The molecule has 0 bridgehead atoms. The zero-order chi connectivity index (χ0) is 15.5. The minimum absolute atomic E-state index is 0.290. The van der Waals surface area contributed by atoms with Gasteiger partial charge in [0.1, 0.15) is 5.75 Å². The van der Waals surface area contributed by atoms with E-state index in [1.54, 1.807) is 31.4 Å². The smallest absolute Gasteiger partial charge is 0.232 e. The van der Waals surface area contributed by atoms with Crippen LogP contribution in [0.25, 0.3) is 0 Å². The molecule has 0 spiro atoms. The van der Waals surface area contributed by atoms with E-state index in [-0.39, 0.29) is 0 Å². The Bertz CT molecular complexity index is 697. The summed E-state index contributed by atoms with van der Waals surface area (Å²) in [4.78, 5) is 0. The van der Waals surface area contributed by atoms with Gasteiger partial charge in [0.25, 0.3) is 0 Å². The van der Waals surface area contributed by atoms with Crippen LogP contribution in [0.3, 0.4) is 0 Å². The normalized spacial score (nSPS) is 11.2. The van der Waals surface area contributed by atoms with Gasteiger partial charge in [0.15, 0.2) is 0 Å². The second-order valence-corrected chi connectivity index (χ2v) is 7.42. The molecule has 2 aromatic carbocycles. The lowest BCUT2D eigenvalue weighted by molar-refractivity contribution is 0.415. The molecule has 2 rings (SSSR count). The molecule has 112 valence electrons. The van der Waals surface area contributed by atoms with Crippen molar-refractivity contribution in [2.24, 2.45) is 0 Å². The van der Waals surface area contributed by atoms with E-state index in [2.05, 4.69) is 15.9 Å². The fourth-order valence-corrected chi connectivity index (χ4v) is 3.06. The Kier molecular flexibility index (Phi) is 4.90. The maximum Gasteiger partial charge on any atom is 0.232 e. The van der Waals surface area contributed by atoms with Gasteiger partial charge in [-0.05, 0) is 42.0 Å². The number of methoxy groups -OCH3 is 1. The van der Waals surface area contributed by atoms with Crippen molar-refractivity contribution in [1.29, 1.82) is 0 Å². The standard InChI is InChI=1S/C15H16BrNO3S/c1-20-15-9-7-14(8-10-15)17(21(2,18)19)11-12-3-5-13(16)6-4-12/h3-10H,11H2,1-2H3. The van der Waals surface area contributed by atoms with Crippen LogP contribution in [0.2, 0.25) is 0 Å². The number of sulfonamides is 1. The fourth-order valence-electron chi connectivity index (χ4n) is 1.90. The van der Waals surface area contributed by atoms with E-state index in [9.17, 15) is 8.42 Å². The molecule has 0 aliphatic carbocycles. The van der Waals surface area contributed by atoms with Crippen LogP contribution in [0.5, 0.6) is 5.75 Å². The molecular weight excluding hydrogens is 354 g/mol. The molecule has 0 N–H and O–H groups in total. The van der Waals surface area contributed by atoms with E-state index in [0.717, 1.165) is 10.0 Å². The van der Waals surface area contributed by atoms with E-state index in [0.29, 0.717) is 18.0 Å². The molecule has 0 saturated carbocycles. The van der Waals surface area contributed by atoms with Crippen LogP contribution in [-0.2, 0) is 16.6 Å². The highest BCUT2D eigenvalue weighted by Gasteiger charge is 2.17. The fraction of sp³-hybridized carbons (Fsp3) is 0.200. The summed E-state index contributed by atoms with van der Waals surface area (Å²) in [5, 5.41) is 0. The first-order chi connectivity index (χ1) is 9.90. The maximum atomic E-state index is 12.0. The lowest BCUT2D eigenvalue weighted by Crippen LogP contribution is -2.29. The predicted octanol–water partition coefficient (Wildman–Crippen LogP) is 3.42. The van der Waals surface area contributed by atoms with Gasteiger partial charge < -0.3 is 4.74 Å². The third-order valence-electron chi connectivity index (χ3n) is 3.00. The number of benzene rings is 2. The molecule has 0 saturated heterocycles. The van der Waals surface area contributed by atoms with Crippen molar-refractivity contribution in [2.75, 3.05) is 17.7 Å². The SMILES string of the molecule is COc1ccc(N(Cc2ccc(Br)cc2)S(C)(=O)=O)cc1. The van der Waals surface area contributed by atoms with E-state index >= 15 is 0 Å². The first-order valence-electron chi connectivity index (χ1n) is 6.26. The van der Waals surface area contributed by atoms with Crippen LogP contribution in [0.1, 0.15) is 5.56 Å². The van der Waals surface area contributed by atoms with Crippen molar-refractivity contribution in [2.45, 2.75) is 6.54 Å². The summed E-state index contributed by atoms with van der Waals surface area (Å²) in [6.07, 6.45) is 1.20. The van der Waals surface area contributed by atoms with Gasteiger partial charge in [0, 0.05) is 4.47 Å². The number of hydrogen-bond donors (Lipinski definition) is 0. The number of anilines is 1. The molecule has 6 heteroatoms. The Morgan fingerprint density at radius 3 is 2.10 bits per heavy atom. The molecule has 0 aromatic heterocycles. The molecule has 0 fully saturated rings. The Hall–Kier alpha value is -1.53. The Balaban J connectivity index is 2.32. The van der Waals surface area contributed by atoms with Gasteiger partial charge >= 0.3 is 0 Å². The summed E-state index contributed by atoms with van der Waals surface area (Å²) in [6.45, 7) is 0.290. The van der Waals surface area contributed by atoms with Crippen molar-refractivity contribution in [3.63, 3.8) is 0 Å². The third kappa shape index (κ3) is 4.22. The van der Waals surface area contributed by atoms with Gasteiger partial charge in [0.2, 0.25) is 10.0 Å². The quantitative estimate of drug-likeness (QED) is 0.810. The lowest BCUT2D eigenvalue weighted by atomic mass is 10.2. The summed E-state index contributed by atoms with van der Waals surface area (Å²) in [7, 11) is -1.79. The van der Waals surface area contributed by atoms with Crippen LogP contribution in [0, 0.1) is 0 Å². The number of hydrogen-bond acceptors (Lipinski definition) is 3. The average molecular weight is 370 g/mol. The molecule has 0 radical (unpaired) electrons. The first kappa shape index (κ1) is 15.9.